The van der Waals surface area contributed by atoms with Crippen LogP contribution in [-0.2, 0) is 14.3 Å². The van der Waals surface area contributed by atoms with Crippen molar-refractivity contribution in [1.29, 1.82) is 0 Å². The van der Waals surface area contributed by atoms with Crippen molar-refractivity contribution < 1.29 is 19.1 Å². The van der Waals surface area contributed by atoms with Gasteiger partial charge < -0.3 is 20.3 Å². The van der Waals surface area contributed by atoms with Gasteiger partial charge in [0, 0.05) is 12.1 Å². The Bertz CT molecular complexity index is 920. The largest absolute Gasteiger partial charge is 0.444 e. The summed E-state index contributed by atoms with van der Waals surface area (Å²) in [5, 5.41) is 5.99. The lowest BCUT2D eigenvalue weighted by Gasteiger charge is -2.37. The molecule has 0 aromatic heterocycles. The Morgan fingerprint density at radius 1 is 1.08 bits per heavy atom. The summed E-state index contributed by atoms with van der Waals surface area (Å²) in [6, 6.07) is 4.30. The second-order valence-corrected chi connectivity index (χ2v) is 11.4. The molecule has 3 amide bonds. The molecular weight excluding hydrogens is 454 g/mol. The van der Waals surface area contributed by atoms with Crippen LogP contribution in [0.5, 0.6) is 0 Å². The Hall–Kier alpha value is -2.57. The van der Waals surface area contributed by atoms with Gasteiger partial charge in [-0.1, -0.05) is 51.8 Å². The number of rotatable bonds is 11. The number of carbonyl (C=O) groups excluding carboxylic acids is 3. The Balaban J connectivity index is 2.52. The third kappa shape index (κ3) is 7.97. The summed E-state index contributed by atoms with van der Waals surface area (Å²) < 4.78 is 5.48. The molecule has 0 radical (unpaired) electrons. The maximum Gasteiger partial charge on any atom is 0.408 e. The Morgan fingerprint density at radius 3 is 2.25 bits per heavy atom. The Labute approximate surface area is 217 Å². The lowest BCUT2D eigenvalue weighted by molar-refractivity contribution is -0.144. The van der Waals surface area contributed by atoms with Crippen LogP contribution in [0, 0.1) is 19.8 Å². The molecule has 0 saturated heterocycles. The maximum atomic E-state index is 14.2. The van der Waals surface area contributed by atoms with Crippen molar-refractivity contribution in [2.24, 2.45) is 5.92 Å². The van der Waals surface area contributed by atoms with Gasteiger partial charge in [-0.2, -0.15) is 0 Å². The Kier molecular flexibility index (Phi) is 10.4. The standard InChI is InChI=1S/C29H47N3O4/c1-10-13-20(5)30-26(33)25(23-15-12-14-19(4)21(23)6)32(22-16-17-22)27(34)24(18(3)11-2)31-28(35)36-29(7,8)9/h12,14-15,18,20,22,24-25H,10-11,13,16-17H2,1-9H3,(H,30,33)(H,31,35). The van der Waals surface area contributed by atoms with E-state index < -0.39 is 23.8 Å². The fourth-order valence-electron chi connectivity index (χ4n) is 4.46. The molecule has 0 aliphatic heterocycles. The predicted molar refractivity (Wildman–Crippen MR) is 144 cm³/mol. The fraction of sp³-hybridized carbons (Fsp3) is 0.690. The smallest absolute Gasteiger partial charge is 0.408 e. The van der Waals surface area contributed by atoms with Crippen LogP contribution >= 0.6 is 0 Å². The molecule has 2 N–H and O–H groups in total. The minimum absolute atomic E-state index is 0.00322. The second kappa shape index (κ2) is 12.6. The average molecular weight is 502 g/mol. The number of benzene rings is 1. The van der Waals surface area contributed by atoms with Crippen molar-refractivity contribution in [3.05, 3.63) is 34.9 Å². The summed E-state index contributed by atoms with van der Waals surface area (Å²) in [6.45, 7) is 17.4. The van der Waals surface area contributed by atoms with Crippen LogP contribution in [0.2, 0.25) is 0 Å². The number of nitrogens with one attached hydrogen (secondary N) is 2. The van der Waals surface area contributed by atoms with Gasteiger partial charge in [-0.25, -0.2) is 4.79 Å². The van der Waals surface area contributed by atoms with Crippen molar-refractivity contribution >= 4 is 17.9 Å². The third-order valence-corrected chi connectivity index (χ3v) is 6.92. The van der Waals surface area contributed by atoms with Crippen LogP contribution in [0.1, 0.15) is 103 Å². The molecule has 4 atom stereocenters. The van der Waals surface area contributed by atoms with E-state index in [1.54, 1.807) is 25.7 Å². The number of alkyl carbamates (subject to hydrolysis) is 1. The van der Waals surface area contributed by atoms with E-state index in [0.29, 0.717) is 6.42 Å². The molecule has 1 fully saturated rings. The number of aryl methyl sites for hydroxylation is 1. The predicted octanol–water partition coefficient (Wildman–Crippen LogP) is 5.58. The van der Waals surface area contributed by atoms with Gasteiger partial charge in [0.25, 0.3) is 0 Å². The van der Waals surface area contributed by atoms with Crippen molar-refractivity contribution in [3.63, 3.8) is 0 Å². The maximum absolute atomic E-state index is 14.2. The summed E-state index contributed by atoms with van der Waals surface area (Å²) in [4.78, 5) is 42.5. The number of carbonyl (C=O) groups is 3. The molecule has 1 aromatic carbocycles. The lowest BCUT2D eigenvalue weighted by Crippen LogP contribution is -2.56. The van der Waals surface area contributed by atoms with Gasteiger partial charge in [0.05, 0.1) is 0 Å². The van der Waals surface area contributed by atoms with E-state index in [0.717, 1.165) is 42.4 Å². The molecule has 7 heteroatoms. The van der Waals surface area contributed by atoms with Gasteiger partial charge in [0.2, 0.25) is 11.8 Å². The van der Waals surface area contributed by atoms with Crippen molar-refractivity contribution in [1.82, 2.24) is 15.5 Å². The highest BCUT2D eigenvalue weighted by atomic mass is 16.6. The first kappa shape index (κ1) is 29.7. The minimum Gasteiger partial charge on any atom is -0.444 e. The van der Waals surface area contributed by atoms with Crippen LogP contribution < -0.4 is 10.6 Å². The summed E-state index contributed by atoms with van der Waals surface area (Å²) in [5.74, 6) is -0.542. The van der Waals surface area contributed by atoms with Gasteiger partial charge in [0.1, 0.15) is 17.7 Å². The lowest BCUT2D eigenvalue weighted by atomic mass is 9.92. The van der Waals surface area contributed by atoms with Crippen molar-refractivity contribution in [2.45, 2.75) is 124 Å². The molecule has 0 spiro atoms. The van der Waals surface area contributed by atoms with Crippen LogP contribution in [0.3, 0.4) is 0 Å². The molecule has 4 unspecified atom stereocenters. The molecule has 2 rings (SSSR count). The summed E-state index contributed by atoms with van der Waals surface area (Å²) in [6.07, 6.45) is 3.56. The molecule has 1 aliphatic rings. The van der Waals surface area contributed by atoms with Crippen molar-refractivity contribution in [3.8, 4) is 0 Å². The SMILES string of the molecule is CCCC(C)NC(=O)C(c1cccc(C)c1C)N(C(=O)C(NC(=O)OC(C)(C)C)C(C)CC)C1CC1. The highest BCUT2D eigenvalue weighted by Gasteiger charge is 2.45. The third-order valence-electron chi connectivity index (χ3n) is 6.92. The Morgan fingerprint density at radius 2 is 1.72 bits per heavy atom. The number of ether oxygens (including phenoxy) is 1. The molecular formula is C29H47N3O4. The average Bonchev–Trinajstić information content (AvgIpc) is 3.61. The number of amides is 3. The second-order valence-electron chi connectivity index (χ2n) is 11.4. The summed E-state index contributed by atoms with van der Waals surface area (Å²) in [5.41, 5.74) is 2.22. The zero-order chi connectivity index (χ0) is 27.2. The van der Waals surface area contributed by atoms with Gasteiger partial charge in [-0.05, 0) is 83.4 Å². The first-order valence-corrected chi connectivity index (χ1v) is 13.5. The van der Waals surface area contributed by atoms with E-state index in [9.17, 15) is 14.4 Å². The molecule has 0 bridgehead atoms. The number of hydrogen-bond acceptors (Lipinski definition) is 4. The summed E-state index contributed by atoms with van der Waals surface area (Å²) >= 11 is 0. The van der Waals surface area contributed by atoms with E-state index in [-0.39, 0.29) is 29.8 Å². The van der Waals surface area contributed by atoms with E-state index in [1.807, 2.05) is 52.8 Å². The van der Waals surface area contributed by atoms with E-state index in [1.165, 1.54) is 0 Å². The topological polar surface area (TPSA) is 87.7 Å². The van der Waals surface area contributed by atoms with Crippen LogP contribution in [-0.4, -0.2) is 46.5 Å². The van der Waals surface area contributed by atoms with E-state index in [4.69, 9.17) is 4.74 Å². The molecule has 1 aromatic rings. The highest BCUT2D eigenvalue weighted by molar-refractivity contribution is 5.93. The summed E-state index contributed by atoms with van der Waals surface area (Å²) in [7, 11) is 0. The van der Waals surface area contributed by atoms with Gasteiger partial charge in [0.15, 0.2) is 0 Å². The fourth-order valence-corrected chi connectivity index (χ4v) is 4.46. The van der Waals surface area contributed by atoms with E-state index in [2.05, 4.69) is 17.6 Å². The van der Waals surface area contributed by atoms with Crippen molar-refractivity contribution in [2.75, 3.05) is 0 Å². The zero-order valence-electron chi connectivity index (χ0n) is 23.7. The molecule has 36 heavy (non-hydrogen) atoms. The quantitative estimate of drug-likeness (QED) is 0.414. The van der Waals surface area contributed by atoms with Crippen LogP contribution in [0.4, 0.5) is 4.79 Å². The molecule has 202 valence electrons. The van der Waals surface area contributed by atoms with E-state index >= 15 is 0 Å². The normalized spacial score (nSPS) is 16.9. The van der Waals surface area contributed by atoms with Crippen LogP contribution in [0.25, 0.3) is 0 Å². The monoisotopic (exact) mass is 501 g/mol. The molecule has 0 heterocycles. The van der Waals surface area contributed by atoms with Gasteiger partial charge in [-0.3, -0.25) is 9.59 Å². The minimum atomic E-state index is -0.793. The number of hydrogen-bond donors (Lipinski definition) is 2. The highest BCUT2D eigenvalue weighted by Crippen LogP contribution is 2.37. The number of nitrogens with zero attached hydrogens (tertiary/aromatic N) is 1. The zero-order valence-corrected chi connectivity index (χ0v) is 23.7. The van der Waals surface area contributed by atoms with Gasteiger partial charge in [-0.15, -0.1) is 0 Å². The first-order valence-electron chi connectivity index (χ1n) is 13.5. The van der Waals surface area contributed by atoms with Gasteiger partial charge >= 0.3 is 6.09 Å². The molecule has 7 nitrogen and oxygen atoms in total. The molecule has 1 aliphatic carbocycles. The molecule has 1 saturated carbocycles. The first-order chi connectivity index (χ1) is 16.8. The van der Waals surface area contributed by atoms with Crippen LogP contribution in [0.15, 0.2) is 18.2 Å².